The zero-order valence-electron chi connectivity index (χ0n) is 15.3. The lowest BCUT2D eigenvalue weighted by atomic mass is 9.77. The summed E-state index contributed by atoms with van der Waals surface area (Å²) in [5, 5.41) is 11.2. The fraction of sp³-hybridized carbons (Fsp3) is 0.389. The zero-order valence-corrected chi connectivity index (χ0v) is 15.3. The Morgan fingerprint density at radius 1 is 1.26 bits per heavy atom. The molecule has 0 bridgehead atoms. The fourth-order valence-electron chi connectivity index (χ4n) is 3.05. The Morgan fingerprint density at radius 2 is 1.93 bits per heavy atom. The lowest BCUT2D eigenvalue weighted by Crippen LogP contribution is -2.41. The standard InChI is InChI=1S/C18H21N3O6/c1-4-26-17(22)13-10(3)20-16(19)15(18(23)27-5-2)14(13)11-7-6-8-12(9-11)21(24)25/h6-9,14-15H,4-5H2,1-3H3,(H2,19,20)/t14-,15?/m1/s1. The molecular weight excluding hydrogens is 354 g/mol. The number of rotatable bonds is 6. The molecule has 144 valence electrons. The van der Waals surface area contributed by atoms with Gasteiger partial charge in [0.05, 0.1) is 29.4 Å². The van der Waals surface area contributed by atoms with E-state index >= 15 is 0 Å². The van der Waals surface area contributed by atoms with Gasteiger partial charge in [-0.25, -0.2) is 9.79 Å². The van der Waals surface area contributed by atoms with Crippen LogP contribution in [0.25, 0.3) is 0 Å². The van der Waals surface area contributed by atoms with E-state index in [1.165, 1.54) is 18.2 Å². The molecule has 1 aromatic rings. The molecule has 0 aromatic heterocycles. The molecule has 2 rings (SSSR count). The number of carbonyl (C=O) groups excluding carboxylic acids is 2. The Kier molecular flexibility index (Phi) is 6.27. The summed E-state index contributed by atoms with van der Waals surface area (Å²) in [4.78, 5) is 39.9. The second-order valence-corrected chi connectivity index (χ2v) is 5.82. The summed E-state index contributed by atoms with van der Waals surface area (Å²) in [7, 11) is 0. The molecule has 2 N–H and O–H groups in total. The summed E-state index contributed by atoms with van der Waals surface area (Å²) in [6, 6.07) is 5.70. The highest BCUT2D eigenvalue weighted by molar-refractivity contribution is 6.06. The number of esters is 2. The molecule has 2 atom stereocenters. The van der Waals surface area contributed by atoms with E-state index in [0.29, 0.717) is 11.3 Å². The molecule has 1 aromatic carbocycles. The van der Waals surface area contributed by atoms with Crippen LogP contribution >= 0.6 is 0 Å². The summed E-state index contributed by atoms with van der Waals surface area (Å²) in [5.74, 6) is -3.33. The minimum Gasteiger partial charge on any atom is -0.465 e. The molecule has 0 saturated carbocycles. The van der Waals surface area contributed by atoms with Gasteiger partial charge in [-0.05, 0) is 26.3 Å². The van der Waals surface area contributed by atoms with Gasteiger partial charge in [0.1, 0.15) is 11.8 Å². The highest BCUT2D eigenvalue weighted by atomic mass is 16.6. The van der Waals surface area contributed by atoms with E-state index in [1.54, 1.807) is 26.8 Å². The van der Waals surface area contributed by atoms with Gasteiger partial charge in [-0.2, -0.15) is 0 Å². The summed E-state index contributed by atoms with van der Waals surface area (Å²) >= 11 is 0. The van der Waals surface area contributed by atoms with Crippen molar-refractivity contribution < 1.29 is 24.0 Å². The minimum atomic E-state index is -1.09. The number of hydrogen-bond acceptors (Lipinski definition) is 8. The highest BCUT2D eigenvalue weighted by Crippen LogP contribution is 2.40. The summed E-state index contributed by atoms with van der Waals surface area (Å²) < 4.78 is 10.2. The molecule has 0 radical (unpaired) electrons. The lowest BCUT2D eigenvalue weighted by Gasteiger charge is -2.30. The van der Waals surface area contributed by atoms with Crippen molar-refractivity contribution in [2.24, 2.45) is 16.6 Å². The molecule has 27 heavy (non-hydrogen) atoms. The molecule has 9 nitrogen and oxygen atoms in total. The maximum Gasteiger partial charge on any atom is 0.336 e. The van der Waals surface area contributed by atoms with Gasteiger partial charge in [0, 0.05) is 18.1 Å². The number of carbonyl (C=O) groups is 2. The van der Waals surface area contributed by atoms with Gasteiger partial charge in [0.25, 0.3) is 5.69 Å². The maximum absolute atomic E-state index is 12.6. The Labute approximate surface area is 156 Å². The molecule has 0 spiro atoms. The fourth-order valence-corrected chi connectivity index (χ4v) is 3.05. The van der Waals surface area contributed by atoms with Gasteiger partial charge in [0.2, 0.25) is 0 Å². The highest BCUT2D eigenvalue weighted by Gasteiger charge is 2.43. The largest absolute Gasteiger partial charge is 0.465 e. The molecule has 1 aliphatic heterocycles. The Balaban J connectivity index is 2.67. The average molecular weight is 375 g/mol. The van der Waals surface area contributed by atoms with E-state index in [4.69, 9.17) is 15.2 Å². The average Bonchev–Trinajstić information content (AvgIpc) is 2.61. The van der Waals surface area contributed by atoms with Crippen LogP contribution in [0.15, 0.2) is 40.5 Å². The molecule has 1 unspecified atom stereocenters. The maximum atomic E-state index is 12.6. The normalized spacial score (nSPS) is 19.3. The second-order valence-electron chi connectivity index (χ2n) is 5.82. The zero-order chi connectivity index (χ0) is 20.1. The third-order valence-electron chi connectivity index (χ3n) is 4.13. The monoisotopic (exact) mass is 375 g/mol. The summed E-state index contributed by atoms with van der Waals surface area (Å²) in [6.45, 7) is 5.11. The Bertz CT molecular complexity index is 830. The van der Waals surface area contributed by atoms with Crippen molar-refractivity contribution in [3.63, 3.8) is 0 Å². The predicted octanol–water partition coefficient (Wildman–Crippen LogP) is 2.07. The van der Waals surface area contributed by atoms with Gasteiger partial charge in [-0.3, -0.25) is 14.9 Å². The third-order valence-corrected chi connectivity index (χ3v) is 4.13. The molecular formula is C18H21N3O6. The van der Waals surface area contributed by atoms with E-state index in [0.717, 1.165) is 0 Å². The van der Waals surface area contributed by atoms with Crippen LogP contribution in [0.2, 0.25) is 0 Å². The van der Waals surface area contributed by atoms with E-state index < -0.39 is 28.7 Å². The SMILES string of the molecule is CCOC(=O)C1=C(C)N=C(N)C(C(=O)OCC)[C@@H]1c1cccc([N+](=O)[O-])c1. The van der Waals surface area contributed by atoms with Gasteiger partial charge >= 0.3 is 11.9 Å². The lowest BCUT2D eigenvalue weighted by molar-refractivity contribution is -0.384. The number of nitrogens with zero attached hydrogens (tertiary/aromatic N) is 2. The van der Waals surface area contributed by atoms with Crippen LogP contribution in [0.1, 0.15) is 32.3 Å². The van der Waals surface area contributed by atoms with Gasteiger partial charge < -0.3 is 15.2 Å². The van der Waals surface area contributed by atoms with Gasteiger partial charge in [-0.15, -0.1) is 0 Å². The first-order valence-electron chi connectivity index (χ1n) is 8.44. The molecule has 0 fully saturated rings. The first-order chi connectivity index (χ1) is 12.8. The number of ether oxygens (including phenoxy) is 2. The summed E-state index contributed by atoms with van der Waals surface area (Å²) in [6.07, 6.45) is 0. The topological polar surface area (TPSA) is 134 Å². The molecule has 0 aliphatic carbocycles. The molecule has 0 amide bonds. The number of benzene rings is 1. The number of hydrogen-bond donors (Lipinski definition) is 1. The van der Waals surface area contributed by atoms with Gasteiger partial charge in [-0.1, -0.05) is 12.1 Å². The number of aliphatic imine (C=N–C) groups is 1. The van der Waals surface area contributed by atoms with Crippen LogP contribution in [-0.4, -0.2) is 35.9 Å². The quantitative estimate of drug-likeness (QED) is 0.457. The number of nitrogens with two attached hydrogens (primary N) is 1. The van der Waals surface area contributed by atoms with Crippen LogP contribution in [0.3, 0.4) is 0 Å². The third kappa shape index (κ3) is 4.13. The molecule has 0 saturated heterocycles. The van der Waals surface area contributed by atoms with Crippen molar-refractivity contribution in [2.75, 3.05) is 13.2 Å². The number of allylic oxidation sites excluding steroid dienone is 1. The van der Waals surface area contributed by atoms with Crippen molar-refractivity contribution in [1.82, 2.24) is 0 Å². The van der Waals surface area contributed by atoms with E-state index in [2.05, 4.69) is 4.99 Å². The second kappa shape index (κ2) is 8.43. The molecule has 1 heterocycles. The van der Waals surface area contributed by atoms with Crippen molar-refractivity contribution in [3.05, 3.63) is 51.2 Å². The smallest absolute Gasteiger partial charge is 0.336 e. The molecule has 9 heteroatoms. The number of nitro groups is 1. The van der Waals surface area contributed by atoms with E-state index in [-0.39, 0.29) is 30.3 Å². The van der Waals surface area contributed by atoms with Crippen molar-refractivity contribution >= 4 is 23.5 Å². The van der Waals surface area contributed by atoms with Crippen molar-refractivity contribution in [1.29, 1.82) is 0 Å². The Hall–Kier alpha value is -3.23. The first kappa shape index (κ1) is 20.1. The number of amidine groups is 1. The number of non-ortho nitro benzene ring substituents is 1. The van der Waals surface area contributed by atoms with Crippen LogP contribution < -0.4 is 5.73 Å². The predicted molar refractivity (Wildman–Crippen MR) is 96.9 cm³/mol. The van der Waals surface area contributed by atoms with E-state index in [1.807, 2.05) is 0 Å². The first-order valence-corrected chi connectivity index (χ1v) is 8.44. The minimum absolute atomic E-state index is 0.0181. The van der Waals surface area contributed by atoms with Crippen molar-refractivity contribution in [2.45, 2.75) is 26.7 Å². The summed E-state index contributed by atoms with van der Waals surface area (Å²) in [5.41, 5.74) is 6.62. The molecule has 1 aliphatic rings. The van der Waals surface area contributed by atoms with Crippen molar-refractivity contribution in [3.8, 4) is 0 Å². The van der Waals surface area contributed by atoms with E-state index in [9.17, 15) is 19.7 Å². The van der Waals surface area contributed by atoms with Crippen LogP contribution in [-0.2, 0) is 19.1 Å². The van der Waals surface area contributed by atoms with Crippen LogP contribution in [0.5, 0.6) is 0 Å². The van der Waals surface area contributed by atoms with Gasteiger partial charge in [0.15, 0.2) is 0 Å². The van der Waals surface area contributed by atoms with Crippen LogP contribution in [0, 0.1) is 16.0 Å². The van der Waals surface area contributed by atoms with Crippen LogP contribution in [0.4, 0.5) is 5.69 Å². The Morgan fingerprint density at radius 3 is 2.52 bits per heavy atom. The number of nitro benzene ring substituents is 1.